The second-order valence-electron chi connectivity index (χ2n) is 4.69. The van der Waals surface area contributed by atoms with Crippen LogP contribution in [0.15, 0.2) is 42.5 Å². The van der Waals surface area contributed by atoms with E-state index in [1.807, 2.05) is 25.1 Å². The van der Waals surface area contributed by atoms with E-state index < -0.39 is 0 Å². The van der Waals surface area contributed by atoms with Gasteiger partial charge in [0.15, 0.2) is 0 Å². The highest BCUT2D eigenvalue weighted by atomic mass is 35.5. The molecule has 100 valence electrons. The van der Waals surface area contributed by atoms with E-state index in [1.165, 1.54) is 5.56 Å². The van der Waals surface area contributed by atoms with Gasteiger partial charge in [0.05, 0.1) is 0 Å². The van der Waals surface area contributed by atoms with Crippen molar-refractivity contribution in [1.29, 1.82) is 0 Å². The van der Waals surface area contributed by atoms with Crippen LogP contribution in [-0.4, -0.2) is 13.1 Å². The number of aryl methyl sites for hydroxylation is 2. The molecule has 2 aromatic rings. The van der Waals surface area contributed by atoms with Gasteiger partial charge in [-0.3, -0.25) is 0 Å². The van der Waals surface area contributed by atoms with Crippen LogP contribution in [0.1, 0.15) is 11.1 Å². The van der Waals surface area contributed by atoms with Crippen molar-refractivity contribution in [3.63, 3.8) is 0 Å². The maximum atomic E-state index is 6.08. The first-order chi connectivity index (χ1) is 9.15. The van der Waals surface area contributed by atoms with E-state index in [1.54, 1.807) is 0 Å². The van der Waals surface area contributed by atoms with Crippen molar-refractivity contribution in [2.24, 2.45) is 0 Å². The summed E-state index contributed by atoms with van der Waals surface area (Å²) in [6, 6.07) is 14.4. The molecule has 2 N–H and O–H groups in total. The number of hydrogen-bond acceptors (Lipinski definition) is 2. The smallest absolute Gasteiger partial charge is 0.0455 e. The van der Waals surface area contributed by atoms with Gasteiger partial charge in [-0.05, 0) is 49.2 Å². The van der Waals surface area contributed by atoms with Gasteiger partial charge in [-0.2, -0.15) is 0 Å². The molecule has 2 rings (SSSR count). The molecule has 0 fully saturated rings. The average Bonchev–Trinajstić information content (AvgIpc) is 2.39. The average molecular weight is 275 g/mol. The van der Waals surface area contributed by atoms with Crippen molar-refractivity contribution >= 4 is 23.0 Å². The monoisotopic (exact) mass is 274 g/mol. The summed E-state index contributed by atoms with van der Waals surface area (Å²) in [5, 5.41) is 7.54. The summed E-state index contributed by atoms with van der Waals surface area (Å²) in [7, 11) is 0. The van der Waals surface area contributed by atoms with Gasteiger partial charge in [0.25, 0.3) is 0 Å². The highest BCUT2D eigenvalue weighted by Gasteiger charge is 1.97. The Morgan fingerprint density at radius 3 is 2.21 bits per heavy atom. The number of benzene rings is 2. The molecule has 2 nitrogen and oxygen atoms in total. The molecule has 0 aromatic heterocycles. The third kappa shape index (κ3) is 4.18. The Kier molecular flexibility index (Phi) is 4.69. The highest BCUT2D eigenvalue weighted by Crippen LogP contribution is 2.19. The molecule has 0 saturated carbocycles. The van der Waals surface area contributed by atoms with Crippen LogP contribution in [0.3, 0.4) is 0 Å². The first-order valence-corrected chi connectivity index (χ1v) is 6.83. The molecule has 19 heavy (non-hydrogen) atoms. The number of hydrogen-bond donors (Lipinski definition) is 2. The summed E-state index contributed by atoms with van der Waals surface area (Å²) >= 11 is 6.08. The summed E-state index contributed by atoms with van der Waals surface area (Å²) in [6.45, 7) is 5.82. The lowest BCUT2D eigenvalue weighted by Crippen LogP contribution is -2.13. The van der Waals surface area contributed by atoms with Gasteiger partial charge in [-0.25, -0.2) is 0 Å². The Bertz CT molecular complexity index is 552. The minimum absolute atomic E-state index is 0.802. The van der Waals surface area contributed by atoms with E-state index in [0.717, 1.165) is 35.1 Å². The summed E-state index contributed by atoms with van der Waals surface area (Å²) in [4.78, 5) is 0. The summed E-state index contributed by atoms with van der Waals surface area (Å²) in [6.07, 6.45) is 0. The molecule has 0 spiro atoms. The number of nitrogens with one attached hydrogen (secondary N) is 2. The second kappa shape index (κ2) is 6.48. The number of halogens is 1. The molecule has 0 amide bonds. The van der Waals surface area contributed by atoms with Crippen LogP contribution in [0, 0.1) is 13.8 Å². The molecule has 0 heterocycles. The van der Waals surface area contributed by atoms with Crippen molar-refractivity contribution in [2.75, 3.05) is 23.7 Å². The fraction of sp³-hybridized carbons (Fsp3) is 0.250. The fourth-order valence-electron chi connectivity index (χ4n) is 1.87. The van der Waals surface area contributed by atoms with E-state index >= 15 is 0 Å². The van der Waals surface area contributed by atoms with Gasteiger partial charge < -0.3 is 10.6 Å². The van der Waals surface area contributed by atoms with Crippen LogP contribution in [0.5, 0.6) is 0 Å². The lowest BCUT2D eigenvalue weighted by atomic mass is 10.2. The predicted octanol–water partition coefficient (Wildman–Crippen LogP) is 4.48. The van der Waals surface area contributed by atoms with Gasteiger partial charge in [0, 0.05) is 29.5 Å². The molecule has 0 unspecified atom stereocenters. The van der Waals surface area contributed by atoms with E-state index in [0.29, 0.717) is 0 Å². The van der Waals surface area contributed by atoms with Crippen molar-refractivity contribution in [2.45, 2.75) is 13.8 Å². The van der Waals surface area contributed by atoms with Crippen molar-refractivity contribution in [1.82, 2.24) is 0 Å². The third-order valence-corrected chi connectivity index (χ3v) is 3.38. The van der Waals surface area contributed by atoms with Gasteiger partial charge >= 0.3 is 0 Å². The molecular weight excluding hydrogens is 256 g/mol. The lowest BCUT2D eigenvalue weighted by Gasteiger charge is -2.10. The first-order valence-electron chi connectivity index (χ1n) is 6.46. The van der Waals surface area contributed by atoms with Crippen LogP contribution in [0.4, 0.5) is 11.4 Å². The Morgan fingerprint density at radius 1 is 0.895 bits per heavy atom. The SMILES string of the molecule is Cc1cccc(NCCNc2ccc(C)c(Cl)c2)c1. The Balaban J connectivity index is 1.79. The van der Waals surface area contributed by atoms with Gasteiger partial charge in [-0.1, -0.05) is 29.8 Å². The van der Waals surface area contributed by atoms with Crippen LogP contribution < -0.4 is 10.6 Å². The predicted molar refractivity (Wildman–Crippen MR) is 84.3 cm³/mol. The molecule has 0 aliphatic carbocycles. The standard InChI is InChI=1S/C16H19ClN2/c1-12-4-3-5-14(10-12)18-8-9-19-15-7-6-13(2)16(17)11-15/h3-7,10-11,18-19H,8-9H2,1-2H3. The molecule has 0 bridgehead atoms. The zero-order valence-electron chi connectivity index (χ0n) is 11.3. The Labute approximate surface area is 119 Å². The normalized spacial score (nSPS) is 10.3. The minimum Gasteiger partial charge on any atom is -0.383 e. The van der Waals surface area contributed by atoms with Crippen molar-refractivity contribution in [3.05, 3.63) is 58.6 Å². The molecule has 0 atom stereocenters. The third-order valence-electron chi connectivity index (χ3n) is 2.97. The summed E-state index contributed by atoms with van der Waals surface area (Å²) in [5.41, 5.74) is 4.58. The van der Waals surface area contributed by atoms with Crippen molar-refractivity contribution in [3.8, 4) is 0 Å². The zero-order valence-corrected chi connectivity index (χ0v) is 12.1. The number of anilines is 2. The fourth-order valence-corrected chi connectivity index (χ4v) is 2.05. The lowest BCUT2D eigenvalue weighted by molar-refractivity contribution is 1.08. The first kappa shape index (κ1) is 13.8. The quantitative estimate of drug-likeness (QED) is 0.786. The maximum absolute atomic E-state index is 6.08. The topological polar surface area (TPSA) is 24.1 Å². The van der Waals surface area contributed by atoms with Gasteiger partial charge in [-0.15, -0.1) is 0 Å². The van der Waals surface area contributed by atoms with E-state index in [2.05, 4.69) is 41.8 Å². The molecular formula is C16H19ClN2. The Hall–Kier alpha value is -1.67. The van der Waals surface area contributed by atoms with Gasteiger partial charge in [0.1, 0.15) is 0 Å². The maximum Gasteiger partial charge on any atom is 0.0455 e. The molecule has 3 heteroatoms. The van der Waals surface area contributed by atoms with E-state index in [4.69, 9.17) is 11.6 Å². The van der Waals surface area contributed by atoms with Crippen LogP contribution in [-0.2, 0) is 0 Å². The van der Waals surface area contributed by atoms with Crippen molar-refractivity contribution < 1.29 is 0 Å². The van der Waals surface area contributed by atoms with Crippen LogP contribution in [0.25, 0.3) is 0 Å². The summed E-state index contributed by atoms with van der Waals surface area (Å²) in [5.74, 6) is 0. The second-order valence-corrected chi connectivity index (χ2v) is 5.09. The van der Waals surface area contributed by atoms with Crippen LogP contribution in [0.2, 0.25) is 5.02 Å². The molecule has 0 aliphatic rings. The molecule has 0 saturated heterocycles. The van der Waals surface area contributed by atoms with E-state index in [-0.39, 0.29) is 0 Å². The zero-order chi connectivity index (χ0) is 13.7. The van der Waals surface area contributed by atoms with E-state index in [9.17, 15) is 0 Å². The Morgan fingerprint density at radius 2 is 1.58 bits per heavy atom. The number of rotatable bonds is 5. The highest BCUT2D eigenvalue weighted by molar-refractivity contribution is 6.31. The largest absolute Gasteiger partial charge is 0.383 e. The molecule has 2 aromatic carbocycles. The molecule has 0 aliphatic heterocycles. The molecule has 0 radical (unpaired) electrons. The van der Waals surface area contributed by atoms with Gasteiger partial charge in [0.2, 0.25) is 0 Å². The van der Waals surface area contributed by atoms with Crippen LogP contribution >= 0.6 is 11.6 Å². The summed E-state index contributed by atoms with van der Waals surface area (Å²) < 4.78 is 0. The minimum atomic E-state index is 0.802.